The van der Waals surface area contributed by atoms with Crippen LogP contribution in [0.1, 0.15) is 82.8 Å². The van der Waals surface area contributed by atoms with Crippen LogP contribution in [0, 0.1) is 5.92 Å². The van der Waals surface area contributed by atoms with Crippen molar-refractivity contribution in [2.75, 3.05) is 13.7 Å². The standard InChI is InChI=1S/C35H43N3O6/c1-34(2,3)44-33(40)38-27(16-23-12-9-10-14-28(23)38)21-37(20-26-15-22-11-7-8-13-24(22)19-36-26)32(39)25-17-29(41-6)31-30(18-25)42-35(4,5)43-31/h7-8,11,13,15,17-19,23,27-28H,9-10,12,14,16,20-21H2,1-6H3/t23-,27+,28-/m0/s1. The van der Waals surface area contributed by atoms with E-state index in [-0.39, 0.29) is 30.6 Å². The van der Waals surface area contributed by atoms with Gasteiger partial charge in [-0.05, 0) is 69.5 Å². The number of amides is 2. The highest BCUT2D eigenvalue weighted by molar-refractivity contribution is 5.96. The molecule has 234 valence electrons. The van der Waals surface area contributed by atoms with Gasteiger partial charge in [-0.3, -0.25) is 9.78 Å². The minimum Gasteiger partial charge on any atom is -0.493 e. The zero-order valence-electron chi connectivity index (χ0n) is 26.6. The van der Waals surface area contributed by atoms with Gasteiger partial charge in [0.25, 0.3) is 5.91 Å². The average molecular weight is 602 g/mol. The van der Waals surface area contributed by atoms with E-state index in [0.717, 1.165) is 48.6 Å². The molecule has 2 aliphatic heterocycles. The van der Waals surface area contributed by atoms with Gasteiger partial charge in [0.15, 0.2) is 11.5 Å². The van der Waals surface area contributed by atoms with E-state index < -0.39 is 11.4 Å². The minimum absolute atomic E-state index is 0.118. The smallest absolute Gasteiger partial charge is 0.410 e. The molecule has 3 atom stereocenters. The third-order valence-corrected chi connectivity index (χ3v) is 8.75. The first-order valence-electron chi connectivity index (χ1n) is 15.6. The Labute approximate surface area is 259 Å². The molecule has 9 nitrogen and oxygen atoms in total. The SMILES string of the molecule is COc1cc(C(=O)N(Cc2cc3ccccc3cn2)C[C@H]2C[C@@H]3CCCC[C@@H]3N2C(=O)OC(C)(C)C)cc2c1OC(C)(C)O2. The fraction of sp³-hybridized carbons (Fsp3) is 0.514. The molecule has 3 heterocycles. The Bertz CT molecular complexity index is 1560. The highest BCUT2D eigenvalue weighted by Gasteiger charge is 2.47. The van der Waals surface area contributed by atoms with E-state index >= 15 is 0 Å². The van der Waals surface area contributed by atoms with Crippen LogP contribution in [-0.4, -0.2) is 63.9 Å². The number of aromatic nitrogens is 1. The molecule has 1 saturated heterocycles. The fourth-order valence-electron chi connectivity index (χ4n) is 6.95. The second kappa shape index (κ2) is 11.5. The molecule has 2 fully saturated rings. The molecule has 0 bridgehead atoms. The van der Waals surface area contributed by atoms with E-state index in [1.807, 2.05) is 76.0 Å². The predicted octanol–water partition coefficient (Wildman–Crippen LogP) is 6.96. The average Bonchev–Trinajstić information content (AvgIpc) is 3.50. The van der Waals surface area contributed by atoms with E-state index in [9.17, 15) is 9.59 Å². The van der Waals surface area contributed by atoms with Crippen molar-refractivity contribution in [1.82, 2.24) is 14.8 Å². The lowest BCUT2D eigenvalue weighted by Gasteiger charge is -2.36. The molecule has 1 aromatic heterocycles. The van der Waals surface area contributed by atoms with Crippen molar-refractivity contribution in [3.05, 3.63) is 59.9 Å². The van der Waals surface area contributed by atoms with Crippen LogP contribution in [0.5, 0.6) is 17.2 Å². The van der Waals surface area contributed by atoms with Crippen LogP contribution in [0.2, 0.25) is 0 Å². The summed E-state index contributed by atoms with van der Waals surface area (Å²) in [6.45, 7) is 9.94. The largest absolute Gasteiger partial charge is 0.493 e. The fourth-order valence-corrected chi connectivity index (χ4v) is 6.95. The first-order chi connectivity index (χ1) is 20.9. The number of carbonyl (C=O) groups is 2. The Morgan fingerprint density at radius 1 is 1.07 bits per heavy atom. The third-order valence-electron chi connectivity index (χ3n) is 8.75. The van der Waals surface area contributed by atoms with Gasteiger partial charge in [0, 0.05) is 43.6 Å². The first-order valence-corrected chi connectivity index (χ1v) is 15.6. The second-order valence-electron chi connectivity index (χ2n) is 13.7. The number of likely N-dealkylation sites (tertiary alicyclic amines) is 1. The van der Waals surface area contributed by atoms with Crippen LogP contribution in [-0.2, 0) is 11.3 Å². The van der Waals surface area contributed by atoms with E-state index in [4.69, 9.17) is 23.9 Å². The number of carbonyl (C=O) groups excluding carboxylic acids is 2. The molecule has 3 aliphatic rings. The van der Waals surface area contributed by atoms with Crippen LogP contribution < -0.4 is 14.2 Å². The van der Waals surface area contributed by atoms with Gasteiger partial charge in [0.1, 0.15) is 5.60 Å². The zero-order valence-corrected chi connectivity index (χ0v) is 26.6. The lowest BCUT2D eigenvalue weighted by molar-refractivity contribution is -0.0439. The molecule has 1 saturated carbocycles. The minimum atomic E-state index is -0.875. The van der Waals surface area contributed by atoms with Gasteiger partial charge in [-0.15, -0.1) is 0 Å². The first kappa shape index (κ1) is 30.0. The molecule has 0 spiro atoms. The van der Waals surface area contributed by atoms with Crippen molar-refractivity contribution in [3.63, 3.8) is 0 Å². The number of rotatable bonds is 6. The van der Waals surface area contributed by atoms with Crippen LogP contribution in [0.3, 0.4) is 0 Å². The maximum Gasteiger partial charge on any atom is 0.410 e. The summed E-state index contributed by atoms with van der Waals surface area (Å²) in [6.07, 6.45) is 6.65. The number of benzene rings is 2. The lowest BCUT2D eigenvalue weighted by Crippen LogP contribution is -2.50. The van der Waals surface area contributed by atoms with Gasteiger partial charge in [-0.2, -0.15) is 0 Å². The molecule has 2 aromatic carbocycles. The molecule has 3 aromatic rings. The molecule has 9 heteroatoms. The van der Waals surface area contributed by atoms with Crippen molar-refractivity contribution in [1.29, 1.82) is 0 Å². The number of hydrogen-bond acceptors (Lipinski definition) is 7. The Kier molecular flexibility index (Phi) is 7.84. The van der Waals surface area contributed by atoms with Crippen molar-refractivity contribution >= 4 is 22.8 Å². The van der Waals surface area contributed by atoms with Crippen LogP contribution in [0.4, 0.5) is 4.79 Å². The topological polar surface area (TPSA) is 90.4 Å². The number of pyridine rings is 1. The Balaban J connectivity index is 1.36. The van der Waals surface area contributed by atoms with Gasteiger partial charge in [-0.1, -0.05) is 37.1 Å². The molecular formula is C35H43N3O6. The number of nitrogens with zero attached hydrogens (tertiary/aromatic N) is 3. The summed E-state index contributed by atoms with van der Waals surface area (Å²) < 4.78 is 23.5. The van der Waals surface area contributed by atoms with Crippen molar-refractivity contribution in [2.45, 2.75) is 96.7 Å². The van der Waals surface area contributed by atoms with Gasteiger partial charge in [-0.25, -0.2) is 4.79 Å². The molecular weight excluding hydrogens is 558 g/mol. The predicted molar refractivity (Wildman–Crippen MR) is 167 cm³/mol. The van der Waals surface area contributed by atoms with Gasteiger partial charge in [0.05, 0.1) is 25.4 Å². The van der Waals surface area contributed by atoms with Crippen LogP contribution in [0.15, 0.2) is 48.7 Å². The lowest BCUT2D eigenvalue weighted by atomic mass is 9.85. The van der Waals surface area contributed by atoms with E-state index in [2.05, 4.69) is 0 Å². The Morgan fingerprint density at radius 2 is 1.82 bits per heavy atom. The Morgan fingerprint density at radius 3 is 2.57 bits per heavy atom. The molecule has 0 unspecified atom stereocenters. The summed E-state index contributed by atoms with van der Waals surface area (Å²) in [5, 5.41) is 2.09. The van der Waals surface area contributed by atoms with E-state index in [1.165, 1.54) is 0 Å². The number of hydrogen-bond donors (Lipinski definition) is 0. The van der Waals surface area contributed by atoms with Crippen LogP contribution in [0.25, 0.3) is 10.8 Å². The van der Waals surface area contributed by atoms with Gasteiger partial charge in [0.2, 0.25) is 11.5 Å². The molecule has 6 rings (SSSR count). The molecule has 0 N–H and O–H groups in total. The third kappa shape index (κ3) is 6.14. The summed E-state index contributed by atoms with van der Waals surface area (Å²) in [4.78, 5) is 36.6. The van der Waals surface area contributed by atoms with Gasteiger partial charge >= 0.3 is 6.09 Å². The van der Waals surface area contributed by atoms with Crippen molar-refractivity contribution in [3.8, 4) is 17.2 Å². The van der Waals surface area contributed by atoms with Crippen molar-refractivity contribution in [2.24, 2.45) is 5.92 Å². The quantitative estimate of drug-likeness (QED) is 0.302. The van der Waals surface area contributed by atoms with Gasteiger partial charge < -0.3 is 28.7 Å². The second-order valence-corrected chi connectivity index (χ2v) is 13.7. The number of methoxy groups -OCH3 is 1. The van der Waals surface area contributed by atoms with E-state index in [1.54, 1.807) is 24.1 Å². The molecule has 1 aliphatic carbocycles. The molecule has 44 heavy (non-hydrogen) atoms. The monoisotopic (exact) mass is 601 g/mol. The van der Waals surface area contributed by atoms with Crippen LogP contribution >= 0.6 is 0 Å². The maximum atomic E-state index is 14.5. The van der Waals surface area contributed by atoms with Crippen molar-refractivity contribution < 1.29 is 28.5 Å². The number of fused-ring (bicyclic) bond motifs is 3. The molecule has 2 amide bonds. The number of ether oxygens (including phenoxy) is 4. The molecule has 0 radical (unpaired) electrons. The summed E-state index contributed by atoms with van der Waals surface area (Å²) >= 11 is 0. The maximum absolute atomic E-state index is 14.5. The van der Waals surface area contributed by atoms with E-state index in [0.29, 0.717) is 35.3 Å². The highest BCUT2D eigenvalue weighted by Crippen LogP contribution is 2.47. The Hall–Kier alpha value is -4.01. The summed E-state index contributed by atoms with van der Waals surface area (Å²) in [5.41, 5.74) is 0.572. The normalized spacial score (nSPS) is 22.0. The highest BCUT2D eigenvalue weighted by atomic mass is 16.7. The summed E-state index contributed by atoms with van der Waals surface area (Å²) in [6, 6.07) is 13.4. The summed E-state index contributed by atoms with van der Waals surface area (Å²) in [7, 11) is 1.55. The zero-order chi connectivity index (χ0) is 31.2. The summed E-state index contributed by atoms with van der Waals surface area (Å²) in [5.74, 6) is 0.692.